The van der Waals surface area contributed by atoms with Crippen LogP contribution in [0.25, 0.3) is 0 Å². The van der Waals surface area contributed by atoms with Crippen LogP contribution in [0.3, 0.4) is 0 Å². The highest BCUT2D eigenvalue weighted by molar-refractivity contribution is 5.94. The van der Waals surface area contributed by atoms with Gasteiger partial charge in [-0.3, -0.25) is 9.69 Å². The fourth-order valence-corrected chi connectivity index (χ4v) is 3.66. The lowest BCUT2D eigenvalue weighted by Crippen LogP contribution is -2.44. The van der Waals surface area contributed by atoms with Crippen LogP contribution in [0.5, 0.6) is 0 Å². The number of hydrogen-bond donors (Lipinski definition) is 1. The van der Waals surface area contributed by atoms with Gasteiger partial charge in [0, 0.05) is 44.8 Å². The second-order valence-corrected chi connectivity index (χ2v) is 7.04. The first-order valence-corrected chi connectivity index (χ1v) is 9.08. The van der Waals surface area contributed by atoms with Gasteiger partial charge in [0.05, 0.1) is 12.2 Å². The van der Waals surface area contributed by atoms with Crippen molar-refractivity contribution in [3.63, 3.8) is 0 Å². The van der Waals surface area contributed by atoms with E-state index < -0.39 is 0 Å². The van der Waals surface area contributed by atoms with Gasteiger partial charge in [-0.2, -0.15) is 0 Å². The van der Waals surface area contributed by atoms with Gasteiger partial charge in [0.15, 0.2) is 0 Å². The predicted molar refractivity (Wildman–Crippen MR) is 95.1 cm³/mol. The summed E-state index contributed by atoms with van der Waals surface area (Å²) < 4.78 is 5.79. The normalized spacial score (nSPS) is 26.2. The smallest absolute Gasteiger partial charge is 0.253 e. The lowest BCUT2D eigenvalue weighted by molar-refractivity contribution is -0.0704. The van der Waals surface area contributed by atoms with E-state index in [-0.39, 0.29) is 18.1 Å². The van der Waals surface area contributed by atoms with Crippen molar-refractivity contribution in [2.45, 2.75) is 39.0 Å². The molecule has 2 aliphatic heterocycles. The van der Waals surface area contributed by atoms with Gasteiger partial charge in [-0.25, -0.2) is 0 Å². The van der Waals surface area contributed by atoms with E-state index in [1.807, 2.05) is 17.0 Å². The van der Waals surface area contributed by atoms with Crippen molar-refractivity contribution in [2.24, 2.45) is 0 Å². The molecular weight excluding hydrogens is 302 g/mol. The second kappa shape index (κ2) is 8.10. The van der Waals surface area contributed by atoms with Gasteiger partial charge < -0.3 is 15.0 Å². The SMILES string of the molecule is C[C@@H]1CN(Cc2ccc(C(=O)N3CCCNCC3)cc2)C[C@@H](C)O1. The Kier molecular flexibility index (Phi) is 5.87. The van der Waals surface area contributed by atoms with Gasteiger partial charge in [-0.1, -0.05) is 12.1 Å². The summed E-state index contributed by atoms with van der Waals surface area (Å²) in [6.45, 7) is 10.6. The minimum absolute atomic E-state index is 0.152. The molecule has 0 bridgehead atoms. The van der Waals surface area contributed by atoms with Gasteiger partial charge in [-0.15, -0.1) is 0 Å². The molecule has 5 nitrogen and oxygen atoms in total. The number of rotatable bonds is 3. The van der Waals surface area contributed by atoms with Crippen LogP contribution < -0.4 is 5.32 Å². The van der Waals surface area contributed by atoms with Crippen LogP contribution in [0.2, 0.25) is 0 Å². The summed E-state index contributed by atoms with van der Waals surface area (Å²) in [5, 5.41) is 3.34. The molecule has 2 saturated heterocycles. The van der Waals surface area contributed by atoms with E-state index in [9.17, 15) is 4.79 Å². The number of carbonyl (C=O) groups is 1. The lowest BCUT2D eigenvalue weighted by atomic mass is 10.1. The summed E-state index contributed by atoms with van der Waals surface area (Å²) in [6, 6.07) is 8.13. The van der Waals surface area contributed by atoms with Crippen molar-refractivity contribution < 1.29 is 9.53 Å². The van der Waals surface area contributed by atoms with Gasteiger partial charge in [0.2, 0.25) is 0 Å². The number of morpholine rings is 1. The Morgan fingerprint density at radius 1 is 1.12 bits per heavy atom. The summed E-state index contributed by atoms with van der Waals surface area (Å²) in [5.74, 6) is 0.152. The molecule has 24 heavy (non-hydrogen) atoms. The average molecular weight is 331 g/mol. The van der Waals surface area contributed by atoms with Crippen molar-refractivity contribution in [2.75, 3.05) is 39.3 Å². The maximum atomic E-state index is 12.6. The minimum atomic E-state index is 0.152. The molecule has 2 atom stereocenters. The van der Waals surface area contributed by atoms with Crippen molar-refractivity contribution in [1.82, 2.24) is 15.1 Å². The molecule has 0 unspecified atom stereocenters. The molecule has 2 fully saturated rings. The summed E-state index contributed by atoms with van der Waals surface area (Å²) in [5.41, 5.74) is 2.05. The molecule has 0 saturated carbocycles. The van der Waals surface area contributed by atoms with E-state index in [0.29, 0.717) is 0 Å². The first-order valence-electron chi connectivity index (χ1n) is 9.08. The highest BCUT2D eigenvalue weighted by Crippen LogP contribution is 2.15. The van der Waals surface area contributed by atoms with Gasteiger partial charge in [-0.05, 0) is 44.5 Å². The van der Waals surface area contributed by atoms with Crippen LogP contribution in [0, 0.1) is 0 Å². The Bertz CT molecular complexity index is 528. The van der Waals surface area contributed by atoms with E-state index in [1.165, 1.54) is 5.56 Å². The Balaban J connectivity index is 1.59. The monoisotopic (exact) mass is 331 g/mol. The van der Waals surface area contributed by atoms with Gasteiger partial charge >= 0.3 is 0 Å². The summed E-state index contributed by atoms with van der Waals surface area (Å²) in [7, 11) is 0. The van der Waals surface area contributed by atoms with E-state index in [1.54, 1.807) is 0 Å². The molecular formula is C19H29N3O2. The maximum Gasteiger partial charge on any atom is 0.253 e. The molecule has 132 valence electrons. The van der Waals surface area contributed by atoms with Gasteiger partial charge in [0.25, 0.3) is 5.91 Å². The number of benzene rings is 1. The van der Waals surface area contributed by atoms with Crippen LogP contribution >= 0.6 is 0 Å². The standard InChI is InChI=1S/C19H29N3O2/c1-15-12-21(13-16(2)24-15)14-17-4-6-18(7-5-17)19(23)22-10-3-8-20-9-11-22/h4-7,15-16,20H,3,8-14H2,1-2H3/t15-,16-/m1/s1. The minimum Gasteiger partial charge on any atom is -0.373 e. The fourth-order valence-electron chi connectivity index (χ4n) is 3.66. The van der Waals surface area contributed by atoms with Crippen LogP contribution in [0.4, 0.5) is 0 Å². The number of ether oxygens (including phenoxy) is 1. The van der Waals surface area contributed by atoms with E-state index in [2.05, 4.69) is 36.2 Å². The molecule has 3 rings (SSSR count). The van der Waals surface area contributed by atoms with E-state index in [4.69, 9.17) is 4.74 Å². The predicted octanol–water partition coefficient (Wildman–Crippen LogP) is 1.73. The van der Waals surface area contributed by atoms with Crippen LogP contribution in [-0.4, -0.2) is 67.2 Å². The fraction of sp³-hybridized carbons (Fsp3) is 0.632. The molecule has 2 heterocycles. The zero-order valence-corrected chi connectivity index (χ0v) is 14.8. The largest absolute Gasteiger partial charge is 0.373 e. The summed E-state index contributed by atoms with van der Waals surface area (Å²) in [4.78, 5) is 17.0. The number of amides is 1. The Morgan fingerprint density at radius 2 is 1.83 bits per heavy atom. The molecule has 2 aliphatic rings. The number of hydrogen-bond acceptors (Lipinski definition) is 4. The average Bonchev–Trinajstić information content (AvgIpc) is 2.83. The van der Waals surface area contributed by atoms with E-state index in [0.717, 1.165) is 57.8 Å². The van der Waals surface area contributed by atoms with Crippen molar-refractivity contribution >= 4 is 5.91 Å². The highest BCUT2D eigenvalue weighted by atomic mass is 16.5. The first kappa shape index (κ1) is 17.4. The second-order valence-electron chi connectivity index (χ2n) is 7.04. The lowest BCUT2D eigenvalue weighted by Gasteiger charge is -2.35. The van der Waals surface area contributed by atoms with Crippen LogP contribution in [0.15, 0.2) is 24.3 Å². The topological polar surface area (TPSA) is 44.8 Å². The molecule has 1 aromatic carbocycles. The summed E-state index contributed by atoms with van der Waals surface area (Å²) in [6.07, 6.45) is 1.59. The Hall–Kier alpha value is -1.43. The molecule has 1 aromatic rings. The van der Waals surface area contributed by atoms with Crippen molar-refractivity contribution in [3.8, 4) is 0 Å². The molecule has 1 amide bonds. The highest BCUT2D eigenvalue weighted by Gasteiger charge is 2.22. The quantitative estimate of drug-likeness (QED) is 0.916. The molecule has 0 aromatic heterocycles. The molecule has 0 aliphatic carbocycles. The van der Waals surface area contributed by atoms with Gasteiger partial charge in [0.1, 0.15) is 0 Å². The third-order valence-corrected chi connectivity index (χ3v) is 4.73. The maximum absolute atomic E-state index is 12.6. The zero-order valence-electron chi connectivity index (χ0n) is 14.8. The third-order valence-electron chi connectivity index (χ3n) is 4.73. The zero-order chi connectivity index (χ0) is 16.9. The number of carbonyl (C=O) groups excluding carboxylic acids is 1. The Morgan fingerprint density at radius 3 is 2.54 bits per heavy atom. The van der Waals surface area contributed by atoms with Crippen molar-refractivity contribution in [3.05, 3.63) is 35.4 Å². The molecule has 1 N–H and O–H groups in total. The molecule has 0 radical (unpaired) electrons. The van der Waals surface area contributed by atoms with Crippen molar-refractivity contribution in [1.29, 1.82) is 0 Å². The number of nitrogens with zero attached hydrogens (tertiary/aromatic N) is 2. The first-order chi connectivity index (χ1) is 11.6. The molecule has 5 heteroatoms. The Labute approximate surface area is 145 Å². The van der Waals surface area contributed by atoms with Crippen LogP contribution in [-0.2, 0) is 11.3 Å². The molecule has 0 spiro atoms. The summed E-state index contributed by atoms with van der Waals surface area (Å²) >= 11 is 0. The third kappa shape index (κ3) is 4.56. The van der Waals surface area contributed by atoms with Crippen LogP contribution in [0.1, 0.15) is 36.2 Å². The number of nitrogens with one attached hydrogen (secondary N) is 1. The van der Waals surface area contributed by atoms with E-state index >= 15 is 0 Å².